The summed E-state index contributed by atoms with van der Waals surface area (Å²) in [4.78, 5) is 24.2. The first kappa shape index (κ1) is 12.9. The van der Waals surface area contributed by atoms with Crippen molar-refractivity contribution in [2.24, 2.45) is 0 Å². The minimum Gasteiger partial charge on any atom is -0.369 e. The fraction of sp³-hybridized carbons (Fsp3) is 0.273. The Kier molecular flexibility index (Phi) is 4.24. The highest BCUT2D eigenvalue weighted by Crippen LogP contribution is 2.02. The van der Waals surface area contributed by atoms with Crippen molar-refractivity contribution < 1.29 is 0 Å². The van der Waals surface area contributed by atoms with Gasteiger partial charge in [0.25, 0.3) is 5.56 Å². The lowest BCUT2D eigenvalue weighted by Gasteiger charge is -2.05. The molecular formula is C11H12IN5O. The molecule has 2 heterocycles. The summed E-state index contributed by atoms with van der Waals surface area (Å²) in [5.41, 5.74) is 0.658. The van der Waals surface area contributed by atoms with Crippen molar-refractivity contribution in [2.75, 3.05) is 11.9 Å². The maximum Gasteiger partial charge on any atom is 0.267 e. The van der Waals surface area contributed by atoms with Crippen LogP contribution in [0.25, 0.3) is 0 Å². The van der Waals surface area contributed by atoms with Crippen molar-refractivity contribution in [2.45, 2.75) is 13.5 Å². The molecule has 0 unspecified atom stereocenters. The third-order valence-corrected chi connectivity index (χ3v) is 2.99. The van der Waals surface area contributed by atoms with E-state index in [9.17, 15) is 4.79 Å². The van der Waals surface area contributed by atoms with Crippen LogP contribution in [0.4, 0.5) is 5.82 Å². The van der Waals surface area contributed by atoms with Crippen LogP contribution in [0.3, 0.4) is 0 Å². The molecule has 6 nitrogen and oxygen atoms in total. The van der Waals surface area contributed by atoms with E-state index in [-0.39, 0.29) is 5.56 Å². The molecule has 0 bridgehead atoms. The van der Waals surface area contributed by atoms with Gasteiger partial charge in [0.15, 0.2) is 0 Å². The number of rotatable bonds is 4. The van der Waals surface area contributed by atoms with E-state index in [2.05, 4.69) is 20.3 Å². The van der Waals surface area contributed by atoms with Crippen LogP contribution < -0.4 is 10.9 Å². The molecule has 0 amide bonds. The molecule has 0 fully saturated rings. The molecule has 0 aliphatic carbocycles. The number of nitrogens with one attached hydrogen (secondary N) is 1. The standard InChI is InChI=1S/C11H12IN5O/c1-2-14-10-5-15-8(3-16-10)6-17-7-13-4-9(12)11(17)18/h3-5,7H,2,6H2,1H3,(H,14,16). The second-order valence-electron chi connectivity index (χ2n) is 3.60. The molecule has 0 saturated carbocycles. The average Bonchev–Trinajstić information content (AvgIpc) is 2.38. The smallest absolute Gasteiger partial charge is 0.267 e. The van der Waals surface area contributed by atoms with Gasteiger partial charge in [-0.05, 0) is 29.5 Å². The largest absolute Gasteiger partial charge is 0.369 e. The average molecular weight is 357 g/mol. The van der Waals surface area contributed by atoms with E-state index < -0.39 is 0 Å². The number of anilines is 1. The van der Waals surface area contributed by atoms with Gasteiger partial charge in [-0.3, -0.25) is 14.3 Å². The van der Waals surface area contributed by atoms with E-state index in [0.717, 1.165) is 18.1 Å². The van der Waals surface area contributed by atoms with Gasteiger partial charge in [-0.25, -0.2) is 9.97 Å². The second-order valence-corrected chi connectivity index (χ2v) is 4.76. The Morgan fingerprint density at radius 3 is 2.83 bits per heavy atom. The molecule has 0 aliphatic rings. The van der Waals surface area contributed by atoms with Crippen molar-refractivity contribution in [3.05, 3.63) is 44.5 Å². The first-order chi connectivity index (χ1) is 8.70. The van der Waals surface area contributed by atoms with Gasteiger partial charge in [-0.2, -0.15) is 0 Å². The molecule has 2 aromatic heterocycles. The summed E-state index contributed by atoms with van der Waals surface area (Å²) in [6, 6.07) is 0. The van der Waals surface area contributed by atoms with Crippen LogP contribution in [-0.2, 0) is 6.54 Å². The highest BCUT2D eigenvalue weighted by atomic mass is 127. The Bertz CT molecular complexity index is 581. The van der Waals surface area contributed by atoms with Gasteiger partial charge in [-0.1, -0.05) is 0 Å². The summed E-state index contributed by atoms with van der Waals surface area (Å²) in [6.07, 6.45) is 6.36. The SMILES string of the molecule is CCNc1cnc(Cn2cncc(I)c2=O)cn1. The van der Waals surface area contributed by atoms with Crippen LogP contribution in [0.5, 0.6) is 0 Å². The topological polar surface area (TPSA) is 72.7 Å². The molecule has 0 radical (unpaired) electrons. The van der Waals surface area contributed by atoms with Crippen LogP contribution in [-0.4, -0.2) is 26.1 Å². The molecule has 0 atom stereocenters. The third-order valence-electron chi connectivity index (χ3n) is 2.25. The number of hydrogen-bond donors (Lipinski definition) is 1. The van der Waals surface area contributed by atoms with E-state index >= 15 is 0 Å². The summed E-state index contributed by atoms with van der Waals surface area (Å²) in [6.45, 7) is 3.17. The quantitative estimate of drug-likeness (QED) is 0.831. The summed E-state index contributed by atoms with van der Waals surface area (Å²) in [5.74, 6) is 0.731. The van der Waals surface area contributed by atoms with E-state index in [1.165, 1.54) is 10.9 Å². The highest BCUT2D eigenvalue weighted by Gasteiger charge is 2.03. The van der Waals surface area contributed by atoms with Crippen molar-refractivity contribution in [1.82, 2.24) is 19.5 Å². The Balaban J connectivity index is 2.18. The molecule has 1 N–H and O–H groups in total. The van der Waals surface area contributed by atoms with Crippen LogP contribution in [0.2, 0.25) is 0 Å². The number of halogens is 1. The van der Waals surface area contributed by atoms with Gasteiger partial charge in [0.1, 0.15) is 5.82 Å². The lowest BCUT2D eigenvalue weighted by atomic mass is 10.4. The van der Waals surface area contributed by atoms with Gasteiger partial charge < -0.3 is 5.32 Å². The zero-order chi connectivity index (χ0) is 13.0. The van der Waals surface area contributed by atoms with Gasteiger partial charge in [0, 0.05) is 12.7 Å². The Morgan fingerprint density at radius 1 is 1.33 bits per heavy atom. The van der Waals surface area contributed by atoms with E-state index in [1.54, 1.807) is 18.6 Å². The summed E-state index contributed by atoms with van der Waals surface area (Å²) < 4.78 is 2.10. The predicted octanol–water partition coefficient (Wildman–Crippen LogP) is 1.12. The molecule has 2 rings (SSSR count). The zero-order valence-corrected chi connectivity index (χ0v) is 12.0. The number of hydrogen-bond acceptors (Lipinski definition) is 5. The van der Waals surface area contributed by atoms with Gasteiger partial charge in [-0.15, -0.1) is 0 Å². The molecule has 7 heteroatoms. The molecular weight excluding hydrogens is 345 g/mol. The summed E-state index contributed by atoms with van der Waals surface area (Å²) >= 11 is 1.97. The van der Waals surface area contributed by atoms with Crippen molar-refractivity contribution in [1.29, 1.82) is 0 Å². The van der Waals surface area contributed by atoms with Gasteiger partial charge >= 0.3 is 0 Å². The van der Waals surface area contributed by atoms with E-state index in [1.807, 2.05) is 29.5 Å². The minimum absolute atomic E-state index is 0.0665. The molecule has 18 heavy (non-hydrogen) atoms. The molecule has 0 aliphatic heterocycles. The fourth-order valence-electron chi connectivity index (χ4n) is 1.42. The summed E-state index contributed by atoms with van der Waals surface area (Å²) in [7, 11) is 0. The van der Waals surface area contributed by atoms with E-state index in [4.69, 9.17) is 0 Å². The maximum absolute atomic E-state index is 11.8. The number of aromatic nitrogens is 4. The Labute approximate surface area is 118 Å². The summed E-state index contributed by atoms with van der Waals surface area (Å²) in [5, 5.41) is 3.06. The highest BCUT2D eigenvalue weighted by molar-refractivity contribution is 14.1. The monoisotopic (exact) mass is 357 g/mol. The fourth-order valence-corrected chi connectivity index (χ4v) is 1.89. The normalized spacial score (nSPS) is 10.3. The lowest BCUT2D eigenvalue weighted by Crippen LogP contribution is -2.23. The Hall–Kier alpha value is -1.51. The van der Waals surface area contributed by atoms with Crippen LogP contribution in [0.1, 0.15) is 12.6 Å². The van der Waals surface area contributed by atoms with Crippen LogP contribution in [0, 0.1) is 3.57 Å². The minimum atomic E-state index is -0.0665. The third kappa shape index (κ3) is 3.03. The van der Waals surface area contributed by atoms with Gasteiger partial charge in [0.2, 0.25) is 0 Å². The number of nitrogens with zero attached hydrogens (tertiary/aromatic N) is 4. The Morgan fingerprint density at radius 2 is 2.17 bits per heavy atom. The first-order valence-corrected chi connectivity index (χ1v) is 6.53. The van der Waals surface area contributed by atoms with Crippen molar-refractivity contribution in [3.63, 3.8) is 0 Å². The van der Waals surface area contributed by atoms with Gasteiger partial charge in [0.05, 0.1) is 34.5 Å². The van der Waals surface area contributed by atoms with Crippen molar-refractivity contribution >= 4 is 28.4 Å². The van der Waals surface area contributed by atoms with E-state index in [0.29, 0.717) is 10.1 Å². The molecule has 0 saturated heterocycles. The molecule has 94 valence electrons. The zero-order valence-electron chi connectivity index (χ0n) is 9.80. The van der Waals surface area contributed by atoms with Crippen LogP contribution >= 0.6 is 22.6 Å². The molecule has 0 spiro atoms. The lowest BCUT2D eigenvalue weighted by molar-refractivity contribution is 0.710. The second kappa shape index (κ2) is 5.89. The molecule has 0 aromatic carbocycles. The first-order valence-electron chi connectivity index (χ1n) is 5.45. The molecule has 2 aromatic rings. The maximum atomic E-state index is 11.8. The van der Waals surface area contributed by atoms with Crippen molar-refractivity contribution in [3.8, 4) is 0 Å². The predicted molar refractivity (Wildman–Crippen MR) is 76.5 cm³/mol. The van der Waals surface area contributed by atoms with Crippen LogP contribution in [0.15, 0.2) is 29.7 Å².